The van der Waals surface area contributed by atoms with E-state index in [0.717, 1.165) is 13.3 Å². The zero-order valence-electron chi connectivity index (χ0n) is 8.19. The summed E-state index contributed by atoms with van der Waals surface area (Å²) < 4.78 is 68.9. The molecule has 0 aliphatic rings. The molecule has 0 aliphatic carbocycles. The molecule has 0 radical (unpaired) electrons. The van der Waals surface area contributed by atoms with Gasteiger partial charge in [0.25, 0.3) is 6.43 Å². The fourth-order valence-electron chi connectivity index (χ4n) is 0.976. The number of alkyl halides is 5. The van der Waals surface area contributed by atoms with Crippen LogP contribution in [0.5, 0.6) is 11.5 Å². The molecule has 96 valence electrons. The number of ether oxygens (including phenoxy) is 2. The fraction of sp³-hybridized carbons (Fsp3) is 0.375. The lowest BCUT2D eigenvalue weighted by Gasteiger charge is -2.15. The summed E-state index contributed by atoms with van der Waals surface area (Å²) in [5.74, 6) is -1.18. The minimum atomic E-state index is -4.99. The molecule has 1 heterocycles. The van der Waals surface area contributed by atoms with E-state index in [2.05, 4.69) is 14.5 Å². The van der Waals surface area contributed by atoms with E-state index in [1.54, 1.807) is 0 Å². The van der Waals surface area contributed by atoms with Gasteiger partial charge in [0.15, 0.2) is 11.5 Å². The number of aromatic nitrogens is 1. The van der Waals surface area contributed by atoms with E-state index < -0.39 is 27.8 Å². The van der Waals surface area contributed by atoms with Gasteiger partial charge < -0.3 is 9.47 Å². The van der Waals surface area contributed by atoms with Gasteiger partial charge in [0.1, 0.15) is 5.69 Å². The van der Waals surface area contributed by atoms with Gasteiger partial charge in [0.05, 0.1) is 16.9 Å². The van der Waals surface area contributed by atoms with Crippen molar-refractivity contribution in [1.29, 1.82) is 0 Å². The molecule has 3 nitrogen and oxygen atoms in total. The van der Waals surface area contributed by atoms with Crippen molar-refractivity contribution in [2.24, 2.45) is 0 Å². The van der Waals surface area contributed by atoms with Gasteiger partial charge in [-0.2, -0.15) is 0 Å². The van der Waals surface area contributed by atoms with Gasteiger partial charge in [0, 0.05) is 0 Å². The second-order valence-electron chi connectivity index (χ2n) is 2.70. The van der Waals surface area contributed by atoms with E-state index >= 15 is 0 Å². The van der Waals surface area contributed by atoms with Crippen molar-refractivity contribution in [3.63, 3.8) is 0 Å². The van der Waals surface area contributed by atoms with Gasteiger partial charge in [-0.25, -0.2) is 13.8 Å². The number of methoxy groups -OCH3 is 1. The van der Waals surface area contributed by atoms with Crippen LogP contribution in [-0.4, -0.2) is 18.5 Å². The van der Waals surface area contributed by atoms with Crippen molar-refractivity contribution >= 4 is 22.6 Å². The van der Waals surface area contributed by atoms with E-state index in [1.165, 1.54) is 22.6 Å². The number of nitrogens with zero attached hydrogens (tertiary/aromatic N) is 1. The minimum Gasteiger partial charge on any atom is -0.491 e. The van der Waals surface area contributed by atoms with Crippen LogP contribution in [0.25, 0.3) is 0 Å². The first kappa shape index (κ1) is 14.2. The summed E-state index contributed by atoms with van der Waals surface area (Å²) in [7, 11) is 1.08. The van der Waals surface area contributed by atoms with Gasteiger partial charge in [-0.15, -0.1) is 13.2 Å². The molecule has 0 atom stereocenters. The molecule has 0 fully saturated rings. The van der Waals surface area contributed by atoms with E-state index in [-0.39, 0.29) is 5.75 Å². The van der Waals surface area contributed by atoms with Crippen LogP contribution < -0.4 is 9.47 Å². The van der Waals surface area contributed by atoms with Gasteiger partial charge >= 0.3 is 6.36 Å². The van der Waals surface area contributed by atoms with E-state index in [4.69, 9.17) is 0 Å². The molecule has 1 aromatic heterocycles. The summed E-state index contributed by atoms with van der Waals surface area (Å²) in [4.78, 5) is 3.31. The molecular weight excluding hydrogens is 364 g/mol. The predicted octanol–water partition coefficient (Wildman–Crippen LogP) is 3.53. The summed E-state index contributed by atoms with van der Waals surface area (Å²) in [6.45, 7) is 0. The van der Waals surface area contributed by atoms with Crippen molar-refractivity contribution in [3.05, 3.63) is 15.5 Å². The van der Waals surface area contributed by atoms with Crippen LogP contribution in [-0.2, 0) is 0 Å². The highest BCUT2D eigenvalue weighted by molar-refractivity contribution is 14.1. The maximum Gasteiger partial charge on any atom is 0.573 e. The topological polar surface area (TPSA) is 31.4 Å². The SMILES string of the molecule is COc1cnc(C(F)F)c(I)c1OC(F)(F)F. The third kappa shape index (κ3) is 3.54. The first-order valence-electron chi connectivity index (χ1n) is 4.02. The smallest absolute Gasteiger partial charge is 0.491 e. The maximum atomic E-state index is 12.4. The lowest BCUT2D eigenvalue weighted by atomic mass is 10.3. The third-order valence-corrected chi connectivity index (χ3v) is 2.66. The van der Waals surface area contributed by atoms with E-state index in [9.17, 15) is 22.0 Å². The molecule has 0 aromatic carbocycles. The van der Waals surface area contributed by atoms with Crippen LogP contribution in [0.1, 0.15) is 12.1 Å². The Kier molecular flexibility index (Phi) is 4.33. The van der Waals surface area contributed by atoms with Crippen LogP contribution in [0, 0.1) is 3.57 Å². The number of hydrogen-bond donors (Lipinski definition) is 0. The molecule has 0 N–H and O–H groups in total. The number of pyridine rings is 1. The first-order valence-corrected chi connectivity index (χ1v) is 5.10. The zero-order chi connectivity index (χ0) is 13.2. The lowest BCUT2D eigenvalue weighted by molar-refractivity contribution is -0.275. The predicted molar refractivity (Wildman–Crippen MR) is 55.1 cm³/mol. The average Bonchev–Trinajstić information content (AvgIpc) is 2.18. The highest BCUT2D eigenvalue weighted by Gasteiger charge is 2.35. The van der Waals surface area contributed by atoms with Crippen molar-refractivity contribution in [2.75, 3.05) is 7.11 Å². The van der Waals surface area contributed by atoms with Crippen molar-refractivity contribution in [3.8, 4) is 11.5 Å². The van der Waals surface area contributed by atoms with Crippen LogP contribution in [0.2, 0.25) is 0 Å². The Hall–Kier alpha value is -0.870. The number of rotatable bonds is 3. The Bertz CT molecular complexity index is 410. The highest BCUT2D eigenvalue weighted by Crippen LogP contribution is 2.39. The second kappa shape index (κ2) is 5.19. The van der Waals surface area contributed by atoms with Gasteiger partial charge in [-0.1, -0.05) is 0 Å². The standard InChI is InChI=1S/C8H5F5INO2/c1-16-3-2-15-5(7(9)10)4(14)6(3)17-8(11,12)13/h2,7H,1H3. The number of hydrogen-bond acceptors (Lipinski definition) is 3. The molecule has 0 unspecified atom stereocenters. The van der Waals surface area contributed by atoms with Crippen LogP contribution in [0.3, 0.4) is 0 Å². The molecule has 17 heavy (non-hydrogen) atoms. The average molecular weight is 369 g/mol. The molecule has 0 amide bonds. The molecule has 0 saturated carbocycles. The van der Waals surface area contributed by atoms with E-state index in [1.807, 2.05) is 0 Å². The van der Waals surface area contributed by atoms with Gasteiger partial charge in [-0.3, -0.25) is 0 Å². The molecule has 1 rings (SSSR count). The normalized spacial score (nSPS) is 11.8. The van der Waals surface area contributed by atoms with E-state index in [0.29, 0.717) is 0 Å². The van der Waals surface area contributed by atoms with Gasteiger partial charge in [0.2, 0.25) is 0 Å². The molecular formula is C8H5F5INO2. The summed E-state index contributed by atoms with van der Waals surface area (Å²) in [5.41, 5.74) is -0.786. The Morgan fingerprint density at radius 1 is 1.35 bits per heavy atom. The maximum absolute atomic E-state index is 12.4. The van der Waals surface area contributed by atoms with Crippen molar-refractivity contribution in [1.82, 2.24) is 4.98 Å². The molecule has 0 spiro atoms. The quantitative estimate of drug-likeness (QED) is 0.604. The first-order chi connectivity index (χ1) is 7.76. The highest BCUT2D eigenvalue weighted by atomic mass is 127. The molecule has 9 heteroatoms. The molecule has 0 saturated heterocycles. The Morgan fingerprint density at radius 3 is 2.35 bits per heavy atom. The Morgan fingerprint density at radius 2 is 1.94 bits per heavy atom. The largest absolute Gasteiger partial charge is 0.573 e. The Balaban J connectivity index is 3.28. The van der Waals surface area contributed by atoms with Crippen LogP contribution >= 0.6 is 22.6 Å². The van der Waals surface area contributed by atoms with Crippen LogP contribution in [0.4, 0.5) is 22.0 Å². The monoisotopic (exact) mass is 369 g/mol. The fourth-order valence-corrected chi connectivity index (χ4v) is 1.73. The Labute approximate surface area is 106 Å². The minimum absolute atomic E-state index is 0.365. The number of halogens is 6. The molecule has 1 aromatic rings. The second-order valence-corrected chi connectivity index (χ2v) is 3.78. The summed E-state index contributed by atoms with van der Waals surface area (Å²) in [5, 5.41) is 0. The third-order valence-electron chi connectivity index (χ3n) is 1.61. The molecule has 0 bridgehead atoms. The zero-order valence-corrected chi connectivity index (χ0v) is 10.3. The van der Waals surface area contributed by atoms with Gasteiger partial charge in [-0.05, 0) is 22.6 Å². The summed E-state index contributed by atoms with van der Waals surface area (Å²) in [6.07, 6.45) is -7.23. The van der Waals surface area contributed by atoms with Crippen molar-refractivity contribution in [2.45, 2.75) is 12.8 Å². The molecule has 0 aliphatic heterocycles. The summed E-state index contributed by atoms with van der Waals surface area (Å²) in [6, 6.07) is 0. The van der Waals surface area contributed by atoms with Crippen molar-refractivity contribution < 1.29 is 31.4 Å². The summed E-state index contributed by atoms with van der Waals surface area (Å²) >= 11 is 1.30. The van der Waals surface area contributed by atoms with Crippen LogP contribution in [0.15, 0.2) is 6.20 Å². The lowest BCUT2D eigenvalue weighted by Crippen LogP contribution is -2.19.